The summed E-state index contributed by atoms with van der Waals surface area (Å²) in [5, 5.41) is 1.79. The molecule has 3 rings (SSSR count). The third-order valence-corrected chi connectivity index (χ3v) is 4.93. The molecule has 22 heavy (non-hydrogen) atoms. The van der Waals surface area contributed by atoms with E-state index >= 15 is 0 Å². The van der Waals surface area contributed by atoms with Gasteiger partial charge in [0.2, 0.25) is 5.91 Å². The van der Waals surface area contributed by atoms with Gasteiger partial charge < -0.3 is 4.90 Å². The van der Waals surface area contributed by atoms with Crippen molar-refractivity contribution in [2.45, 2.75) is 39.3 Å². The van der Waals surface area contributed by atoms with Gasteiger partial charge in [-0.25, -0.2) is 4.79 Å². The first kappa shape index (κ1) is 15.0. The molecule has 118 valence electrons. The summed E-state index contributed by atoms with van der Waals surface area (Å²) >= 11 is 1.32. The Kier molecular flexibility index (Phi) is 4.15. The number of thiophene rings is 1. The van der Waals surface area contributed by atoms with E-state index in [0.717, 1.165) is 25.9 Å². The molecule has 2 aromatic rings. The topological polar surface area (TPSA) is 64.3 Å². The minimum Gasteiger partial charge on any atom is -0.341 e. The van der Waals surface area contributed by atoms with Crippen LogP contribution in [-0.4, -0.2) is 33.0 Å². The Bertz CT molecular complexity index is 812. The zero-order valence-corrected chi connectivity index (χ0v) is 13.4. The van der Waals surface area contributed by atoms with Crippen LogP contribution in [0.3, 0.4) is 0 Å². The van der Waals surface area contributed by atoms with Crippen molar-refractivity contribution in [1.29, 1.82) is 0 Å². The second kappa shape index (κ2) is 6.08. The van der Waals surface area contributed by atoms with Crippen LogP contribution in [0.4, 0.5) is 0 Å². The number of nitrogens with zero attached hydrogens (tertiary/aromatic N) is 3. The molecule has 2 aromatic heterocycles. The maximum Gasteiger partial charge on any atom is 0.332 e. The number of carbonyl (C=O) groups excluding carboxylic acids is 1. The lowest BCUT2D eigenvalue weighted by molar-refractivity contribution is -0.130. The van der Waals surface area contributed by atoms with E-state index in [4.69, 9.17) is 0 Å². The van der Waals surface area contributed by atoms with Gasteiger partial charge in [-0.3, -0.25) is 18.7 Å². The molecule has 0 aliphatic carbocycles. The summed E-state index contributed by atoms with van der Waals surface area (Å²) in [4.78, 5) is 39.1. The van der Waals surface area contributed by atoms with Gasteiger partial charge >= 0.3 is 5.69 Å². The van der Waals surface area contributed by atoms with Crippen LogP contribution in [0.1, 0.15) is 26.2 Å². The Morgan fingerprint density at radius 2 is 1.95 bits per heavy atom. The lowest BCUT2D eigenvalue weighted by atomic mass is 10.4. The van der Waals surface area contributed by atoms with E-state index in [1.54, 1.807) is 16.3 Å². The van der Waals surface area contributed by atoms with Gasteiger partial charge in [0.1, 0.15) is 11.2 Å². The normalized spacial score (nSPS) is 14.9. The van der Waals surface area contributed by atoms with Crippen LogP contribution in [0.25, 0.3) is 10.2 Å². The summed E-state index contributed by atoms with van der Waals surface area (Å²) in [5.41, 5.74) is -0.0630. The van der Waals surface area contributed by atoms with Crippen LogP contribution < -0.4 is 11.2 Å². The van der Waals surface area contributed by atoms with Gasteiger partial charge in [0.05, 0.1) is 5.52 Å². The molecule has 1 amide bonds. The highest BCUT2D eigenvalue weighted by molar-refractivity contribution is 7.17. The van der Waals surface area contributed by atoms with Gasteiger partial charge in [-0.1, -0.05) is 6.92 Å². The molecule has 7 heteroatoms. The highest BCUT2D eigenvalue weighted by Crippen LogP contribution is 2.16. The molecular weight excluding hydrogens is 302 g/mol. The first-order chi connectivity index (χ1) is 10.6. The summed E-state index contributed by atoms with van der Waals surface area (Å²) < 4.78 is 3.24. The maximum absolute atomic E-state index is 12.6. The Morgan fingerprint density at radius 1 is 1.23 bits per heavy atom. The molecule has 3 heterocycles. The average Bonchev–Trinajstić information content (AvgIpc) is 3.18. The van der Waals surface area contributed by atoms with Crippen LogP contribution in [-0.2, 0) is 17.9 Å². The molecule has 1 aliphatic heterocycles. The van der Waals surface area contributed by atoms with Crippen LogP contribution in [0.5, 0.6) is 0 Å². The second-order valence-corrected chi connectivity index (χ2v) is 6.46. The summed E-state index contributed by atoms with van der Waals surface area (Å²) in [6, 6.07) is 1.75. The molecule has 0 spiro atoms. The van der Waals surface area contributed by atoms with E-state index in [-0.39, 0.29) is 23.7 Å². The van der Waals surface area contributed by atoms with Crippen molar-refractivity contribution in [1.82, 2.24) is 14.0 Å². The number of carbonyl (C=O) groups is 1. The lowest BCUT2D eigenvalue weighted by Gasteiger charge is -2.17. The Hall–Kier alpha value is -1.89. The van der Waals surface area contributed by atoms with E-state index in [0.29, 0.717) is 23.2 Å². The van der Waals surface area contributed by atoms with Gasteiger partial charge in [0.15, 0.2) is 0 Å². The second-order valence-electron chi connectivity index (χ2n) is 5.55. The molecule has 0 unspecified atom stereocenters. The van der Waals surface area contributed by atoms with Crippen molar-refractivity contribution < 1.29 is 4.79 Å². The zero-order chi connectivity index (χ0) is 15.7. The highest BCUT2D eigenvalue weighted by Gasteiger charge is 2.21. The summed E-state index contributed by atoms with van der Waals surface area (Å²) in [5.74, 6) is -0.0474. The lowest BCUT2D eigenvalue weighted by Crippen LogP contribution is -2.42. The maximum atomic E-state index is 12.6. The standard InChI is InChI=1S/C15H19N3O3S/c1-2-6-17-14(20)13-11(5-9-22-13)18(15(17)21)10-12(19)16-7-3-4-8-16/h5,9H,2-4,6-8,10H2,1H3. The number of hydrogen-bond acceptors (Lipinski definition) is 4. The molecule has 1 saturated heterocycles. The average molecular weight is 321 g/mol. The van der Waals surface area contributed by atoms with E-state index in [1.165, 1.54) is 20.5 Å². The monoisotopic (exact) mass is 321 g/mol. The van der Waals surface area contributed by atoms with Gasteiger partial charge in [0, 0.05) is 19.6 Å². The van der Waals surface area contributed by atoms with Crippen molar-refractivity contribution in [2.24, 2.45) is 0 Å². The van der Waals surface area contributed by atoms with Crippen molar-refractivity contribution in [2.75, 3.05) is 13.1 Å². The summed E-state index contributed by atoms with van der Waals surface area (Å²) in [6.45, 7) is 3.83. The highest BCUT2D eigenvalue weighted by atomic mass is 32.1. The number of hydrogen-bond donors (Lipinski definition) is 0. The third kappa shape index (κ3) is 2.49. The number of likely N-dealkylation sites (tertiary alicyclic amines) is 1. The molecule has 0 saturated carbocycles. The van der Waals surface area contributed by atoms with Crippen LogP contribution >= 0.6 is 11.3 Å². The fraction of sp³-hybridized carbons (Fsp3) is 0.533. The van der Waals surface area contributed by atoms with Crippen molar-refractivity contribution in [3.8, 4) is 0 Å². The van der Waals surface area contributed by atoms with Crippen molar-refractivity contribution in [3.05, 3.63) is 32.3 Å². The van der Waals surface area contributed by atoms with Gasteiger partial charge in [-0.05, 0) is 30.7 Å². The largest absolute Gasteiger partial charge is 0.341 e. The molecule has 0 aromatic carbocycles. The molecule has 0 radical (unpaired) electrons. The zero-order valence-electron chi connectivity index (χ0n) is 12.6. The molecular formula is C15H19N3O3S. The molecule has 0 bridgehead atoms. The Labute approximate surface area is 131 Å². The van der Waals surface area contributed by atoms with Crippen molar-refractivity contribution >= 4 is 27.5 Å². The Morgan fingerprint density at radius 3 is 2.64 bits per heavy atom. The predicted octanol–water partition coefficient (Wildman–Crippen LogP) is 1.26. The molecule has 0 N–H and O–H groups in total. The quantitative estimate of drug-likeness (QED) is 0.851. The molecule has 0 atom stereocenters. The minimum atomic E-state index is -0.384. The van der Waals surface area contributed by atoms with Gasteiger partial charge in [0.25, 0.3) is 5.56 Å². The number of aromatic nitrogens is 2. The first-order valence-electron chi connectivity index (χ1n) is 7.62. The van der Waals surface area contributed by atoms with E-state index in [2.05, 4.69) is 0 Å². The fourth-order valence-corrected chi connectivity index (χ4v) is 3.75. The molecule has 6 nitrogen and oxygen atoms in total. The third-order valence-electron chi connectivity index (χ3n) is 4.04. The number of amides is 1. The van der Waals surface area contributed by atoms with Crippen LogP contribution in [0, 0.1) is 0 Å². The van der Waals surface area contributed by atoms with Crippen molar-refractivity contribution in [3.63, 3.8) is 0 Å². The molecule has 1 fully saturated rings. The van der Waals surface area contributed by atoms with E-state index in [1.807, 2.05) is 6.92 Å². The minimum absolute atomic E-state index is 0.00998. The fourth-order valence-electron chi connectivity index (χ4n) is 2.91. The predicted molar refractivity (Wildman–Crippen MR) is 86.5 cm³/mol. The number of fused-ring (bicyclic) bond motifs is 1. The molecule has 1 aliphatic rings. The SMILES string of the molecule is CCCn1c(=O)c2sccc2n(CC(=O)N2CCCC2)c1=O. The van der Waals surface area contributed by atoms with E-state index < -0.39 is 0 Å². The number of rotatable bonds is 4. The van der Waals surface area contributed by atoms with Crippen LogP contribution in [0.15, 0.2) is 21.0 Å². The van der Waals surface area contributed by atoms with Crippen LogP contribution in [0.2, 0.25) is 0 Å². The summed E-state index contributed by atoms with van der Waals surface area (Å²) in [7, 11) is 0. The van der Waals surface area contributed by atoms with Gasteiger partial charge in [-0.2, -0.15) is 0 Å². The smallest absolute Gasteiger partial charge is 0.332 e. The van der Waals surface area contributed by atoms with E-state index in [9.17, 15) is 14.4 Å². The van der Waals surface area contributed by atoms with Gasteiger partial charge in [-0.15, -0.1) is 11.3 Å². The Balaban J connectivity index is 2.07. The first-order valence-corrected chi connectivity index (χ1v) is 8.50. The summed E-state index contributed by atoms with van der Waals surface area (Å²) in [6.07, 6.45) is 2.74.